The standard InChI is InChI=1S/C93H152O2/c1-75(2)37-21-39-77(5)41-23-43-79(7)45-25-47-81(9)49-27-51-83(11)53-29-55-85(13)57-31-59-87(15)61-33-63-89(17)65-35-67-91(19)69-71-93(73-94,74-95)72-70-92(20)68-36-66-90(18)64-34-62-88(16)60-32-58-86(14)56-30-54-84(12)52-28-50-82(10)48-26-46-80(8)44-24-42-78(6)40-22-38-76(3)4/h37-38,41-42,45-46,49-50,53-54,57-58,61-62,65-66,69-70,94-95H,21-36,39-40,43-44,47-48,51-52,55-56,59-60,63-64,67-68,71-74H2,1-20H3/b77-41+,78-42+,79-45+,80-46+,81-49+,82-50+,83-53+,84-54+,85-57+,86-58+,87-61+,88-62+,89-65+,90-66+,91-69-,92-70+. The Morgan fingerprint density at radius 3 is 0.379 bits per heavy atom. The van der Waals surface area contributed by atoms with Crippen LogP contribution in [0.2, 0.25) is 0 Å². The van der Waals surface area contributed by atoms with Crippen molar-refractivity contribution in [2.45, 2.75) is 357 Å². The summed E-state index contributed by atoms with van der Waals surface area (Å²) in [4.78, 5) is 0. The van der Waals surface area contributed by atoms with Crippen LogP contribution in [0, 0.1) is 5.41 Å². The summed E-state index contributed by atoms with van der Waals surface area (Å²) < 4.78 is 0. The van der Waals surface area contributed by atoms with Gasteiger partial charge in [0.25, 0.3) is 0 Å². The Morgan fingerprint density at radius 1 is 0.168 bits per heavy atom. The molecule has 0 aromatic heterocycles. The summed E-state index contributed by atoms with van der Waals surface area (Å²) in [6.07, 6.45) is 81.0. The van der Waals surface area contributed by atoms with Crippen LogP contribution < -0.4 is 0 Å². The molecule has 0 saturated carbocycles. The largest absolute Gasteiger partial charge is 0.396 e. The van der Waals surface area contributed by atoms with Crippen molar-refractivity contribution in [3.8, 4) is 0 Å². The van der Waals surface area contributed by atoms with E-state index in [0.717, 1.165) is 167 Å². The maximum absolute atomic E-state index is 10.5. The molecule has 95 heavy (non-hydrogen) atoms. The average Bonchev–Trinajstić information content (AvgIpc) is 1.34. The highest BCUT2D eigenvalue weighted by Crippen LogP contribution is 2.30. The van der Waals surface area contributed by atoms with Crippen molar-refractivity contribution in [2.24, 2.45) is 5.41 Å². The number of hydrogen-bond acceptors (Lipinski definition) is 2. The smallest absolute Gasteiger partial charge is 0.0515 e. The van der Waals surface area contributed by atoms with E-state index in [0.29, 0.717) is 12.8 Å². The van der Waals surface area contributed by atoms with E-state index in [9.17, 15) is 10.2 Å². The van der Waals surface area contributed by atoms with Crippen LogP contribution in [0.25, 0.3) is 0 Å². The summed E-state index contributed by atoms with van der Waals surface area (Å²) in [6, 6.07) is 0. The SMILES string of the molecule is CC(C)=CCC/C(C)=C/CC/C(C)=C/CC/C(C)=C/CC/C(C)=C/CC/C(C)=C/CC/C(C)=C/CC/C(C)=C/CC/C(C)=C\CC(CO)(CO)C/C=C(\C)CC/C=C(\C)CC/C=C(\C)CC/C=C(\C)CC/C=C(\C)CC/C=C(\C)CC/C=C(\C)CC/C=C(\C)CCC=C(C)C. The molecule has 0 heterocycles. The van der Waals surface area contributed by atoms with Crippen LogP contribution >= 0.6 is 0 Å². The molecule has 2 N–H and O–H groups in total. The molecule has 0 aliphatic heterocycles. The fraction of sp³-hybridized carbons (Fsp3) is 0.613. The van der Waals surface area contributed by atoms with E-state index < -0.39 is 5.41 Å². The molecule has 0 aliphatic carbocycles. The zero-order chi connectivity index (χ0) is 71.1. The first-order valence-corrected chi connectivity index (χ1v) is 38.2. The highest BCUT2D eigenvalue weighted by Gasteiger charge is 2.26. The molecule has 0 amide bonds. The molecule has 0 aliphatic rings. The summed E-state index contributed by atoms with van der Waals surface area (Å²) in [7, 11) is 0. The molecule has 0 aromatic carbocycles. The first-order valence-electron chi connectivity index (χ1n) is 38.2. The van der Waals surface area contributed by atoms with Crippen molar-refractivity contribution < 1.29 is 10.2 Å². The monoisotopic (exact) mass is 1300 g/mol. The first-order chi connectivity index (χ1) is 45.3. The van der Waals surface area contributed by atoms with Crippen LogP contribution in [0.5, 0.6) is 0 Å². The molecule has 2 heteroatoms. The maximum Gasteiger partial charge on any atom is 0.0515 e. The topological polar surface area (TPSA) is 40.5 Å². The van der Waals surface area contributed by atoms with Crippen molar-refractivity contribution >= 4 is 0 Å². The van der Waals surface area contributed by atoms with Gasteiger partial charge in [-0.25, -0.2) is 0 Å². The Balaban J connectivity index is 4.59. The van der Waals surface area contributed by atoms with Crippen LogP contribution in [-0.2, 0) is 0 Å². The number of aliphatic hydroxyl groups is 2. The Kier molecular flexibility index (Phi) is 55.3. The van der Waals surface area contributed by atoms with Gasteiger partial charge in [0.2, 0.25) is 0 Å². The van der Waals surface area contributed by atoms with Gasteiger partial charge in [-0.05, 0) is 357 Å². The predicted octanol–water partition coefficient (Wildman–Crippen LogP) is 30.3. The molecule has 0 bridgehead atoms. The van der Waals surface area contributed by atoms with Crippen molar-refractivity contribution in [3.63, 3.8) is 0 Å². The zero-order valence-electron chi connectivity index (χ0n) is 66.2. The van der Waals surface area contributed by atoms with E-state index >= 15 is 0 Å². The minimum absolute atomic E-state index is 0.0157. The third-order valence-corrected chi connectivity index (χ3v) is 19.1. The summed E-state index contributed by atoms with van der Waals surface area (Å²) in [5.41, 5.74) is 26.1. The summed E-state index contributed by atoms with van der Waals surface area (Å²) in [5.74, 6) is 0. The fourth-order valence-electron chi connectivity index (χ4n) is 11.6. The molecule has 0 unspecified atom stereocenters. The zero-order valence-corrected chi connectivity index (χ0v) is 66.2. The van der Waals surface area contributed by atoms with E-state index in [1.165, 1.54) is 139 Å². The molecule has 0 rings (SSSR count). The normalized spacial score (nSPS) is 15.1. The predicted molar refractivity (Wildman–Crippen MR) is 433 cm³/mol. The van der Waals surface area contributed by atoms with Gasteiger partial charge in [-0.1, -0.05) is 210 Å². The number of allylic oxidation sites excluding steroid dienone is 36. The third kappa shape index (κ3) is 56.9. The first kappa shape index (κ1) is 90.2. The van der Waals surface area contributed by atoms with E-state index in [2.05, 4.69) is 248 Å². The van der Waals surface area contributed by atoms with E-state index in [-0.39, 0.29) is 13.2 Å². The molecule has 0 aromatic rings. The van der Waals surface area contributed by atoms with Gasteiger partial charge in [-0.2, -0.15) is 0 Å². The minimum atomic E-state index is -0.527. The van der Waals surface area contributed by atoms with Crippen LogP contribution in [0.15, 0.2) is 210 Å². The third-order valence-electron chi connectivity index (χ3n) is 19.1. The molecule has 0 saturated heterocycles. The lowest BCUT2D eigenvalue weighted by Crippen LogP contribution is -2.29. The molecule has 0 atom stereocenters. The van der Waals surface area contributed by atoms with Crippen LogP contribution in [0.1, 0.15) is 357 Å². The highest BCUT2D eigenvalue weighted by atomic mass is 16.3. The highest BCUT2D eigenvalue weighted by molar-refractivity contribution is 5.15. The fourth-order valence-corrected chi connectivity index (χ4v) is 11.6. The van der Waals surface area contributed by atoms with Gasteiger partial charge < -0.3 is 10.2 Å². The Bertz CT molecular complexity index is 2510. The van der Waals surface area contributed by atoms with Crippen LogP contribution in [0.4, 0.5) is 0 Å². The molecule has 536 valence electrons. The second kappa shape index (κ2) is 58.2. The molecule has 2 nitrogen and oxygen atoms in total. The van der Waals surface area contributed by atoms with Gasteiger partial charge in [-0.15, -0.1) is 0 Å². The quantitative estimate of drug-likeness (QED) is 0.0596. The lowest BCUT2D eigenvalue weighted by molar-refractivity contribution is 0.0589. The number of hydrogen-bond donors (Lipinski definition) is 2. The number of aliphatic hydroxyl groups excluding tert-OH is 2. The Labute approximate surface area is 591 Å². The maximum atomic E-state index is 10.5. The molecular weight excluding hydrogens is 1150 g/mol. The second-order valence-corrected chi connectivity index (χ2v) is 30.2. The van der Waals surface area contributed by atoms with Crippen molar-refractivity contribution in [3.05, 3.63) is 210 Å². The van der Waals surface area contributed by atoms with Gasteiger partial charge in [0, 0.05) is 5.41 Å². The van der Waals surface area contributed by atoms with Gasteiger partial charge in [-0.3, -0.25) is 0 Å². The average molecular weight is 1300 g/mol. The summed E-state index contributed by atoms with van der Waals surface area (Å²) in [6.45, 7) is 45.2. The van der Waals surface area contributed by atoms with Gasteiger partial charge in [0.05, 0.1) is 13.2 Å². The lowest BCUT2D eigenvalue weighted by Gasteiger charge is -2.28. The van der Waals surface area contributed by atoms with E-state index in [1.807, 2.05) is 0 Å². The Morgan fingerprint density at radius 2 is 0.274 bits per heavy atom. The second-order valence-electron chi connectivity index (χ2n) is 30.2. The van der Waals surface area contributed by atoms with Crippen LogP contribution in [-0.4, -0.2) is 23.4 Å². The lowest BCUT2D eigenvalue weighted by atomic mass is 9.81. The summed E-state index contributed by atoms with van der Waals surface area (Å²) in [5, 5.41) is 21.0. The summed E-state index contributed by atoms with van der Waals surface area (Å²) >= 11 is 0. The van der Waals surface area contributed by atoms with Gasteiger partial charge in [0.1, 0.15) is 0 Å². The van der Waals surface area contributed by atoms with Gasteiger partial charge in [0.15, 0.2) is 0 Å². The minimum Gasteiger partial charge on any atom is -0.396 e. The van der Waals surface area contributed by atoms with E-state index in [4.69, 9.17) is 0 Å². The van der Waals surface area contributed by atoms with Gasteiger partial charge >= 0.3 is 0 Å². The molecular formula is C93H152O2. The molecule has 0 fully saturated rings. The Hall–Kier alpha value is -4.76. The van der Waals surface area contributed by atoms with Crippen molar-refractivity contribution in [1.29, 1.82) is 0 Å². The van der Waals surface area contributed by atoms with E-state index in [1.54, 1.807) is 0 Å². The molecule has 0 spiro atoms. The van der Waals surface area contributed by atoms with Crippen molar-refractivity contribution in [1.82, 2.24) is 0 Å². The van der Waals surface area contributed by atoms with Crippen LogP contribution in [0.3, 0.4) is 0 Å². The molecule has 0 radical (unpaired) electrons. The number of rotatable bonds is 54. The van der Waals surface area contributed by atoms with Crippen molar-refractivity contribution in [2.75, 3.05) is 13.2 Å².